The molecule has 1 aromatic carbocycles. The van der Waals surface area contributed by atoms with E-state index in [1.165, 1.54) is 70.9 Å². The van der Waals surface area contributed by atoms with Crippen LogP contribution in [0.3, 0.4) is 0 Å². The number of aromatic nitrogens is 1. The Morgan fingerprint density at radius 2 is 1.84 bits per heavy atom. The molecule has 3 aliphatic rings. The maximum Gasteiger partial charge on any atom is 0.212 e. The molecule has 2 aromatic rings. The number of quaternary nitrogens is 1. The van der Waals surface area contributed by atoms with Gasteiger partial charge in [0.15, 0.2) is 6.20 Å². The van der Waals surface area contributed by atoms with E-state index in [9.17, 15) is 5.11 Å². The van der Waals surface area contributed by atoms with Crippen molar-refractivity contribution < 1.29 is 59.9 Å². The normalized spacial score (nSPS) is 25.2. The van der Waals surface area contributed by atoms with Crippen molar-refractivity contribution in [1.82, 2.24) is 0 Å². The molecule has 0 spiro atoms. The third-order valence-corrected chi connectivity index (χ3v) is 9.19. The number of aliphatic hydroxyl groups excluding tert-OH is 1. The third kappa shape index (κ3) is 7.29. The van der Waals surface area contributed by atoms with E-state index in [2.05, 4.69) is 55.6 Å². The molecule has 5 rings (SSSR count). The molecule has 0 radical (unpaired) electrons. The zero-order valence-electron chi connectivity index (χ0n) is 23.2. The van der Waals surface area contributed by atoms with Gasteiger partial charge in [-0.1, -0.05) is 51.5 Å². The second kappa shape index (κ2) is 15.2. The minimum absolute atomic E-state index is 0. The zero-order valence-corrected chi connectivity index (χ0v) is 26.9. The second-order valence-corrected chi connectivity index (χ2v) is 11.3. The maximum atomic E-state index is 12.0. The van der Waals surface area contributed by atoms with E-state index in [1.807, 2.05) is 6.07 Å². The van der Waals surface area contributed by atoms with Crippen LogP contribution in [0.15, 0.2) is 43.1 Å². The first-order valence-electron chi connectivity index (χ1n) is 14.2. The van der Waals surface area contributed by atoms with E-state index in [-0.39, 0.29) is 47.0 Å². The number of pyridine rings is 1. The monoisotopic (exact) mass is 686 g/mol. The predicted octanol–water partition coefficient (Wildman–Crippen LogP) is 0.266. The number of unbranched alkanes of at least 4 members (excludes halogenated alkanes) is 7. The molecule has 0 aliphatic carbocycles. The molecule has 6 heteroatoms. The van der Waals surface area contributed by atoms with E-state index in [0.717, 1.165) is 39.7 Å². The molecular formula is C31H48BrIN2O2. The summed E-state index contributed by atoms with van der Waals surface area (Å²) < 4.78 is 8.74. The molecule has 2 bridgehead atoms. The Balaban J connectivity index is 0.00000241. The van der Waals surface area contributed by atoms with Crippen molar-refractivity contribution in [3.63, 3.8) is 0 Å². The van der Waals surface area contributed by atoms with Gasteiger partial charge in [-0.25, -0.2) is 4.57 Å². The molecule has 208 valence electrons. The number of methoxy groups -OCH3 is 1. The van der Waals surface area contributed by atoms with Crippen LogP contribution in [0.2, 0.25) is 0 Å². The molecule has 1 N–H and O–H groups in total. The Kier molecular flexibility index (Phi) is 13.3. The van der Waals surface area contributed by atoms with Crippen molar-refractivity contribution in [1.29, 1.82) is 0 Å². The van der Waals surface area contributed by atoms with Gasteiger partial charge in [0.25, 0.3) is 0 Å². The van der Waals surface area contributed by atoms with Crippen LogP contribution in [0.25, 0.3) is 10.9 Å². The van der Waals surface area contributed by atoms with Gasteiger partial charge in [0.05, 0.1) is 32.1 Å². The molecule has 0 amide bonds. The van der Waals surface area contributed by atoms with E-state index in [1.54, 1.807) is 7.11 Å². The highest BCUT2D eigenvalue weighted by atomic mass is 127. The van der Waals surface area contributed by atoms with Crippen molar-refractivity contribution in [2.24, 2.45) is 18.9 Å². The van der Waals surface area contributed by atoms with E-state index < -0.39 is 6.10 Å². The van der Waals surface area contributed by atoms with Gasteiger partial charge in [0.2, 0.25) is 5.52 Å². The van der Waals surface area contributed by atoms with Gasteiger partial charge in [-0.05, 0) is 30.9 Å². The molecule has 3 aliphatic heterocycles. The molecule has 5 atom stereocenters. The minimum Gasteiger partial charge on any atom is -1.00 e. The van der Waals surface area contributed by atoms with Crippen molar-refractivity contribution in [2.45, 2.75) is 83.3 Å². The number of aryl methyl sites for hydroxylation is 1. The number of benzene rings is 1. The molecule has 1 aromatic heterocycles. The standard InChI is InChI=1S/C31H48N2O2.BrH.HI/c1-5-7-8-9-10-11-12-13-19-33-20-17-25(24(6-2)23-33)21-30(33)31(34)27-16-18-32(3)29-15-14-26(35-4)22-28(27)29;;/h6,14-16,18,22,24-25,30-31,34H,2,5,7-13,17,19-21,23H2,1,3-4H3;2*1H/q+2;;/p-2/t24?,25?,30-,31-,33?;;/m0../s1. The first kappa shape index (κ1) is 32.5. The molecule has 4 heterocycles. The van der Waals surface area contributed by atoms with Crippen molar-refractivity contribution in [3.05, 3.63) is 48.7 Å². The average Bonchev–Trinajstić information content (AvgIpc) is 2.89. The van der Waals surface area contributed by atoms with E-state index in [4.69, 9.17) is 4.74 Å². The number of rotatable bonds is 13. The lowest BCUT2D eigenvalue weighted by atomic mass is 9.71. The van der Waals surface area contributed by atoms with Crippen LogP contribution < -0.4 is 50.3 Å². The van der Waals surface area contributed by atoms with Crippen molar-refractivity contribution in [3.8, 4) is 5.75 Å². The molecular weight excluding hydrogens is 639 g/mol. The third-order valence-electron chi connectivity index (χ3n) is 9.19. The topological polar surface area (TPSA) is 33.3 Å². The minimum atomic E-state index is -0.464. The van der Waals surface area contributed by atoms with Crippen LogP contribution in [0.1, 0.15) is 82.8 Å². The predicted molar refractivity (Wildman–Crippen MR) is 144 cm³/mol. The summed E-state index contributed by atoms with van der Waals surface area (Å²) in [5.41, 5.74) is 2.19. The SMILES string of the molecule is C=CC1C[N+]2(CCCCCCCCCC)CCC1C[C@H]2[C@@H](O)c1cc[n+](C)c2ccc(OC)cc12.[Br-].[I-]. The average molecular weight is 688 g/mol. The molecule has 4 nitrogen and oxygen atoms in total. The van der Waals surface area contributed by atoms with Crippen LogP contribution >= 0.6 is 0 Å². The van der Waals surface area contributed by atoms with Crippen LogP contribution in [-0.4, -0.2) is 42.4 Å². The first-order valence-corrected chi connectivity index (χ1v) is 14.2. The Bertz CT molecular complexity index is 1000. The molecule has 0 saturated carbocycles. The van der Waals surface area contributed by atoms with E-state index in [0.29, 0.717) is 11.8 Å². The highest BCUT2D eigenvalue weighted by Gasteiger charge is 2.53. The van der Waals surface area contributed by atoms with Crippen LogP contribution in [-0.2, 0) is 7.05 Å². The van der Waals surface area contributed by atoms with Gasteiger partial charge in [-0.2, -0.15) is 0 Å². The summed E-state index contributed by atoms with van der Waals surface area (Å²) in [6.07, 6.45) is 17.0. The van der Waals surface area contributed by atoms with Gasteiger partial charge < -0.3 is 55.3 Å². The number of hydrogen-bond donors (Lipinski definition) is 1. The Morgan fingerprint density at radius 1 is 1.14 bits per heavy atom. The molecule has 3 saturated heterocycles. The van der Waals surface area contributed by atoms with Crippen LogP contribution in [0.5, 0.6) is 5.75 Å². The smallest absolute Gasteiger partial charge is 0.212 e. The number of ether oxygens (including phenoxy) is 1. The Morgan fingerprint density at radius 3 is 2.51 bits per heavy atom. The van der Waals surface area contributed by atoms with E-state index >= 15 is 0 Å². The van der Waals surface area contributed by atoms with Crippen molar-refractivity contribution in [2.75, 3.05) is 26.7 Å². The van der Waals surface area contributed by atoms with Crippen LogP contribution in [0.4, 0.5) is 0 Å². The fourth-order valence-electron chi connectivity index (χ4n) is 7.06. The summed E-state index contributed by atoms with van der Waals surface area (Å²) in [5, 5.41) is 13.1. The lowest BCUT2D eigenvalue weighted by Crippen LogP contribution is -3.00. The number of halogens is 2. The van der Waals surface area contributed by atoms with Gasteiger partial charge in [0, 0.05) is 36.5 Å². The number of nitrogens with zero attached hydrogens (tertiary/aromatic N) is 2. The Labute approximate surface area is 252 Å². The second-order valence-electron chi connectivity index (χ2n) is 11.3. The van der Waals surface area contributed by atoms with Gasteiger partial charge in [0.1, 0.15) is 24.9 Å². The van der Waals surface area contributed by atoms with Crippen LogP contribution in [0, 0.1) is 11.8 Å². The summed E-state index contributed by atoms with van der Waals surface area (Å²) in [4.78, 5) is 0. The fourth-order valence-corrected chi connectivity index (χ4v) is 7.06. The number of piperidine rings is 3. The molecule has 3 fully saturated rings. The van der Waals surface area contributed by atoms with Gasteiger partial charge in [-0.3, -0.25) is 0 Å². The fraction of sp³-hybridized carbons (Fsp3) is 0.645. The lowest BCUT2D eigenvalue weighted by molar-refractivity contribution is -0.973. The Hall–Kier alpha value is -0.700. The summed E-state index contributed by atoms with van der Waals surface area (Å²) >= 11 is 0. The summed E-state index contributed by atoms with van der Waals surface area (Å²) in [7, 11) is 3.79. The first-order chi connectivity index (χ1) is 17.0. The largest absolute Gasteiger partial charge is 1.00 e. The quantitative estimate of drug-likeness (QED) is 0.108. The highest BCUT2D eigenvalue weighted by molar-refractivity contribution is 5.81. The number of aliphatic hydroxyl groups is 1. The van der Waals surface area contributed by atoms with Crippen molar-refractivity contribution >= 4 is 10.9 Å². The summed E-state index contributed by atoms with van der Waals surface area (Å²) in [5.74, 6) is 2.09. The highest BCUT2D eigenvalue weighted by Crippen LogP contribution is 2.47. The molecule has 37 heavy (non-hydrogen) atoms. The summed E-state index contributed by atoms with van der Waals surface area (Å²) in [6.45, 7) is 10.0. The van der Waals surface area contributed by atoms with Gasteiger partial charge >= 0.3 is 0 Å². The molecule has 3 unspecified atom stereocenters. The number of fused-ring (bicyclic) bond motifs is 4. The van der Waals surface area contributed by atoms with Gasteiger partial charge in [-0.15, -0.1) is 6.58 Å². The zero-order chi connectivity index (χ0) is 24.8. The summed E-state index contributed by atoms with van der Waals surface area (Å²) in [6, 6.07) is 8.61. The maximum absolute atomic E-state index is 12.0. The number of hydrogen-bond acceptors (Lipinski definition) is 2. The lowest BCUT2D eigenvalue weighted by Gasteiger charge is -2.58.